The summed E-state index contributed by atoms with van der Waals surface area (Å²) in [5.41, 5.74) is 5.37. The Hall–Kier alpha value is -0.330. The predicted octanol–water partition coefficient (Wildman–Crippen LogP) is 0.665. The highest BCUT2D eigenvalue weighted by atomic mass is 19.4. The third-order valence-electron chi connectivity index (χ3n) is 1.36. The van der Waals surface area contributed by atoms with Gasteiger partial charge < -0.3 is 15.6 Å². The molecule has 0 spiro atoms. The number of hydrogen-bond acceptors (Lipinski definition) is 3. The molecule has 6 heteroatoms. The van der Waals surface area contributed by atoms with Gasteiger partial charge in [-0.15, -0.1) is 0 Å². The van der Waals surface area contributed by atoms with Crippen molar-refractivity contribution in [3.63, 3.8) is 0 Å². The molecule has 0 heterocycles. The summed E-state index contributed by atoms with van der Waals surface area (Å²) in [6.45, 7) is -0.400. The zero-order valence-corrected chi connectivity index (χ0v) is 7.18. The van der Waals surface area contributed by atoms with Gasteiger partial charge in [-0.2, -0.15) is 13.2 Å². The molecule has 0 aliphatic heterocycles. The van der Waals surface area contributed by atoms with E-state index in [0.29, 0.717) is 6.42 Å². The summed E-state index contributed by atoms with van der Waals surface area (Å²) >= 11 is 0. The number of halogens is 3. The Kier molecular flexibility index (Phi) is 6.02. The van der Waals surface area contributed by atoms with Gasteiger partial charge in [-0.05, 0) is 6.42 Å². The van der Waals surface area contributed by atoms with Crippen LogP contribution in [-0.4, -0.2) is 37.1 Å². The first-order chi connectivity index (χ1) is 5.95. The van der Waals surface area contributed by atoms with Crippen LogP contribution in [0.3, 0.4) is 0 Å². The van der Waals surface area contributed by atoms with Crippen LogP contribution >= 0.6 is 0 Å². The number of hydrogen-bond donors (Lipinski definition) is 2. The van der Waals surface area contributed by atoms with Gasteiger partial charge in [-0.25, -0.2) is 0 Å². The second kappa shape index (κ2) is 6.17. The van der Waals surface area contributed by atoms with Crippen molar-refractivity contribution < 1.29 is 23.0 Å². The maximum Gasteiger partial charge on any atom is 0.391 e. The van der Waals surface area contributed by atoms with Crippen LogP contribution in [0, 0.1) is 0 Å². The summed E-state index contributed by atoms with van der Waals surface area (Å²) in [6, 6.07) is -0.391. The molecule has 0 aromatic heterocycles. The van der Waals surface area contributed by atoms with E-state index in [1.165, 1.54) is 0 Å². The molecule has 3 nitrogen and oxygen atoms in total. The molecule has 0 saturated carbocycles. The lowest BCUT2D eigenvalue weighted by Gasteiger charge is -2.11. The van der Waals surface area contributed by atoms with Crippen LogP contribution < -0.4 is 5.73 Å². The van der Waals surface area contributed by atoms with Gasteiger partial charge in [0.1, 0.15) is 0 Å². The van der Waals surface area contributed by atoms with E-state index in [-0.39, 0.29) is 19.8 Å². The second-order valence-corrected chi connectivity index (χ2v) is 2.71. The first kappa shape index (κ1) is 12.7. The van der Waals surface area contributed by atoms with Crippen LogP contribution in [0.4, 0.5) is 13.2 Å². The molecule has 3 N–H and O–H groups in total. The van der Waals surface area contributed by atoms with Crippen molar-refractivity contribution in [1.29, 1.82) is 0 Å². The maximum atomic E-state index is 11.6. The molecule has 0 radical (unpaired) electrons. The molecule has 13 heavy (non-hydrogen) atoms. The fourth-order valence-electron chi connectivity index (χ4n) is 0.672. The van der Waals surface area contributed by atoms with Crippen molar-refractivity contribution in [2.45, 2.75) is 25.1 Å². The lowest BCUT2D eigenvalue weighted by molar-refractivity contribution is -0.145. The molecule has 0 aliphatic carbocycles. The zero-order valence-electron chi connectivity index (χ0n) is 7.18. The van der Waals surface area contributed by atoms with Gasteiger partial charge in [-0.3, -0.25) is 0 Å². The predicted molar refractivity (Wildman–Crippen MR) is 41.2 cm³/mol. The highest BCUT2D eigenvalue weighted by Crippen LogP contribution is 2.18. The quantitative estimate of drug-likeness (QED) is 0.621. The fraction of sp³-hybridized carbons (Fsp3) is 1.00. The van der Waals surface area contributed by atoms with Crippen LogP contribution in [-0.2, 0) is 4.74 Å². The summed E-state index contributed by atoms with van der Waals surface area (Å²) in [6.07, 6.45) is -4.80. The first-order valence-electron chi connectivity index (χ1n) is 3.96. The molecular weight excluding hydrogens is 187 g/mol. The Bertz CT molecular complexity index is 129. The number of ether oxygens (including phenoxy) is 1. The SMILES string of the molecule is NC(CCO)COCCC(F)(F)F. The Labute approximate surface area is 74.7 Å². The van der Waals surface area contributed by atoms with Gasteiger partial charge in [0.25, 0.3) is 0 Å². The van der Waals surface area contributed by atoms with Gasteiger partial charge in [0.2, 0.25) is 0 Å². The highest BCUT2D eigenvalue weighted by Gasteiger charge is 2.26. The molecule has 0 amide bonds. The van der Waals surface area contributed by atoms with Gasteiger partial charge in [0, 0.05) is 12.6 Å². The van der Waals surface area contributed by atoms with Gasteiger partial charge in [-0.1, -0.05) is 0 Å². The van der Waals surface area contributed by atoms with E-state index >= 15 is 0 Å². The standard InChI is InChI=1S/C7H14F3NO2/c8-7(9,10)2-4-13-5-6(11)1-3-12/h6,12H,1-5,11H2. The minimum absolute atomic E-state index is 0.0522. The van der Waals surface area contributed by atoms with E-state index in [9.17, 15) is 13.2 Å². The van der Waals surface area contributed by atoms with Crippen molar-refractivity contribution in [3.05, 3.63) is 0 Å². The largest absolute Gasteiger partial charge is 0.396 e. The molecule has 80 valence electrons. The summed E-state index contributed by atoms with van der Waals surface area (Å²) in [5, 5.41) is 8.41. The van der Waals surface area contributed by atoms with Crippen LogP contribution in [0.25, 0.3) is 0 Å². The minimum atomic E-state index is -4.18. The fourth-order valence-corrected chi connectivity index (χ4v) is 0.672. The summed E-state index contributed by atoms with van der Waals surface area (Å²) < 4.78 is 39.4. The molecule has 0 aromatic carbocycles. The first-order valence-corrected chi connectivity index (χ1v) is 3.96. The van der Waals surface area contributed by atoms with Gasteiger partial charge >= 0.3 is 6.18 Å². The third kappa shape index (κ3) is 9.59. The molecule has 0 rings (SSSR count). The molecule has 0 aliphatic rings. The highest BCUT2D eigenvalue weighted by molar-refractivity contribution is 4.58. The van der Waals surface area contributed by atoms with E-state index in [0.717, 1.165) is 0 Å². The van der Waals surface area contributed by atoms with E-state index in [1.54, 1.807) is 0 Å². The Balaban J connectivity index is 3.25. The van der Waals surface area contributed by atoms with Crippen LogP contribution in [0.15, 0.2) is 0 Å². The van der Waals surface area contributed by atoms with Crippen molar-refractivity contribution in [2.24, 2.45) is 5.73 Å². The molecule has 0 fully saturated rings. The Morgan fingerprint density at radius 3 is 2.46 bits per heavy atom. The number of alkyl halides is 3. The van der Waals surface area contributed by atoms with E-state index in [1.807, 2.05) is 0 Å². The summed E-state index contributed by atoms with van der Waals surface area (Å²) in [5.74, 6) is 0. The van der Waals surface area contributed by atoms with Crippen molar-refractivity contribution >= 4 is 0 Å². The Morgan fingerprint density at radius 2 is 2.00 bits per heavy atom. The Morgan fingerprint density at radius 1 is 1.38 bits per heavy atom. The number of rotatable bonds is 6. The minimum Gasteiger partial charge on any atom is -0.396 e. The van der Waals surface area contributed by atoms with Gasteiger partial charge in [0.05, 0.1) is 19.6 Å². The average Bonchev–Trinajstić information content (AvgIpc) is 1.97. The van der Waals surface area contributed by atoms with Crippen LogP contribution in [0.2, 0.25) is 0 Å². The number of nitrogens with two attached hydrogens (primary N) is 1. The topological polar surface area (TPSA) is 55.5 Å². The number of aliphatic hydroxyl groups excluding tert-OH is 1. The smallest absolute Gasteiger partial charge is 0.391 e. The van der Waals surface area contributed by atoms with Crippen LogP contribution in [0.1, 0.15) is 12.8 Å². The van der Waals surface area contributed by atoms with Crippen molar-refractivity contribution in [1.82, 2.24) is 0 Å². The van der Waals surface area contributed by atoms with E-state index in [4.69, 9.17) is 10.8 Å². The maximum absolute atomic E-state index is 11.6. The molecule has 1 atom stereocenters. The van der Waals surface area contributed by atoms with Crippen molar-refractivity contribution in [2.75, 3.05) is 19.8 Å². The molecule has 1 unspecified atom stereocenters. The van der Waals surface area contributed by atoms with E-state index in [2.05, 4.69) is 4.74 Å². The average molecular weight is 201 g/mol. The normalized spacial score (nSPS) is 14.5. The van der Waals surface area contributed by atoms with Crippen molar-refractivity contribution in [3.8, 4) is 0 Å². The van der Waals surface area contributed by atoms with Crippen LogP contribution in [0.5, 0.6) is 0 Å². The summed E-state index contributed by atoms with van der Waals surface area (Å²) in [4.78, 5) is 0. The second-order valence-electron chi connectivity index (χ2n) is 2.71. The third-order valence-corrected chi connectivity index (χ3v) is 1.36. The number of aliphatic hydroxyl groups is 1. The molecule has 0 saturated heterocycles. The van der Waals surface area contributed by atoms with E-state index < -0.39 is 18.6 Å². The molecular formula is C7H14F3NO2. The lowest BCUT2D eigenvalue weighted by atomic mass is 10.2. The monoisotopic (exact) mass is 201 g/mol. The molecule has 0 aromatic rings. The molecule has 0 bridgehead atoms. The summed E-state index contributed by atoms with van der Waals surface area (Å²) in [7, 11) is 0. The zero-order chi connectivity index (χ0) is 10.3. The van der Waals surface area contributed by atoms with Gasteiger partial charge in [0.15, 0.2) is 0 Å². The lowest BCUT2D eigenvalue weighted by Crippen LogP contribution is -2.28.